The van der Waals surface area contributed by atoms with E-state index >= 15 is 0 Å². The zero-order valence-corrected chi connectivity index (χ0v) is 15.7. The van der Waals surface area contributed by atoms with Gasteiger partial charge in [-0.05, 0) is 43.4 Å². The molecule has 0 amide bonds. The maximum Gasteiger partial charge on any atom is 0.108 e. The van der Waals surface area contributed by atoms with Crippen molar-refractivity contribution in [2.24, 2.45) is 0 Å². The first kappa shape index (κ1) is 17.5. The van der Waals surface area contributed by atoms with Crippen molar-refractivity contribution >= 4 is 0 Å². The van der Waals surface area contributed by atoms with E-state index in [1.165, 1.54) is 43.4 Å². The second-order valence-electron chi connectivity index (χ2n) is 7.52. The van der Waals surface area contributed by atoms with E-state index in [9.17, 15) is 0 Å². The molecule has 2 nitrogen and oxygen atoms in total. The molecule has 0 spiro atoms. The normalized spacial score (nSPS) is 24.5. The molecule has 0 radical (unpaired) electrons. The largest absolute Gasteiger partial charge is 0.365 e. The topological polar surface area (TPSA) is 12.5 Å². The third-order valence-corrected chi connectivity index (χ3v) is 5.97. The number of hydrogen-bond acceptors (Lipinski definition) is 2. The van der Waals surface area contributed by atoms with E-state index in [0.717, 1.165) is 12.1 Å². The third kappa shape index (κ3) is 3.77. The van der Waals surface area contributed by atoms with Crippen LogP contribution in [0.25, 0.3) is 0 Å². The van der Waals surface area contributed by atoms with Crippen molar-refractivity contribution in [3.05, 3.63) is 83.4 Å². The van der Waals surface area contributed by atoms with Gasteiger partial charge in [0.05, 0.1) is 6.61 Å². The molecule has 0 N–H and O–H groups in total. The highest BCUT2D eigenvalue weighted by Crippen LogP contribution is 2.38. The molecule has 4 rings (SSSR count). The Balaban J connectivity index is 1.44. The summed E-state index contributed by atoms with van der Waals surface area (Å²) < 4.78 is 6.37. The van der Waals surface area contributed by atoms with Gasteiger partial charge in [-0.2, -0.15) is 0 Å². The van der Waals surface area contributed by atoms with E-state index in [2.05, 4.69) is 78.6 Å². The summed E-state index contributed by atoms with van der Waals surface area (Å²) in [7, 11) is 0. The lowest BCUT2D eigenvalue weighted by molar-refractivity contribution is 0.103. The smallest absolute Gasteiger partial charge is 0.108 e. The highest BCUT2D eigenvalue weighted by molar-refractivity contribution is 5.30. The van der Waals surface area contributed by atoms with Gasteiger partial charge in [0, 0.05) is 12.1 Å². The van der Waals surface area contributed by atoms with Crippen LogP contribution in [0.15, 0.2) is 72.3 Å². The van der Waals surface area contributed by atoms with Crippen molar-refractivity contribution in [1.82, 2.24) is 4.90 Å². The summed E-state index contributed by atoms with van der Waals surface area (Å²) in [4.78, 5) is 2.70. The summed E-state index contributed by atoms with van der Waals surface area (Å²) in [6.07, 6.45) is 7.56. The highest BCUT2D eigenvalue weighted by atomic mass is 16.5. The molecule has 2 heterocycles. The van der Waals surface area contributed by atoms with Crippen LogP contribution in [0.1, 0.15) is 49.8 Å². The van der Waals surface area contributed by atoms with E-state index in [4.69, 9.17) is 4.74 Å². The van der Waals surface area contributed by atoms with Crippen molar-refractivity contribution in [2.75, 3.05) is 13.2 Å². The average molecular weight is 348 g/mol. The summed E-state index contributed by atoms with van der Waals surface area (Å²) in [6.45, 7) is 4.19. The molecule has 2 aromatic carbocycles. The molecule has 0 unspecified atom stereocenters. The zero-order chi connectivity index (χ0) is 17.8. The van der Waals surface area contributed by atoms with Gasteiger partial charge in [0.15, 0.2) is 0 Å². The Hall–Kier alpha value is -1.90. The van der Waals surface area contributed by atoms with Crippen molar-refractivity contribution < 1.29 is 4.74 Å². The molecular weight excluding hydrogens is 318 g/mol. The predicted molar refractivity (Wildman–Crippen MR) is 107 cm³/mol. The summed E-state index contributed by atoms with van der Waals surface area (Å²) in [5, 5.41) is 0. The molecule has 2 fully saturated rings. The van der Waals surface area contributed by atoms with Gasteiger partial charge in [-0.25, -0.2) is 0 Å². The van der Waals surface area contributed by atoms with Gasteiger partial charge >= 0.3 is 0 Å². The molecule has 2 aliphatic rings. The first-order chi connectivity index (χ1) is 12.8. The second kappa shape index (κ2) is 8.20. The molecule has 0 aromatic heterocycles. The van der Waals surface area contributed by atoms with Gasteiger partial charge in [-0.3, -0.25) is 4.90 Å². The van der Waals surface area contributed by atoms with Crippen molar-refractivity contribution in [1.29, 1.82) is 0 Å². The summed E-state index contributed by atoms with van der Waals surface area (Å²) >= 11 is 0. The molecule has 2 heteroatoms. The number of fused-ring (bicyclic) bond motifs is 2. The Morgan fingerprint density at radius 2 is 1.46 bits per heavy atom. The lowest BCUT2D eigenvalue weighted by Crippen LogP contribution is -2.40. The summed E-state index contributed by atoms with van der Waals surface area (Å²) in [5.41, 5.74) is 4.04. The molecule has 2 saturated heterocycles. The fourth-order valence-electron chi connectivity index (χ4n) is 4.73. The number of hydrogen-bond donors (Lipinski definition) is 0. The fourth-order valence-corrected chi connectivity index (χ4v) is 4.73. The van der Waals surface area contributed by atoms with Crippen LogP contribution in [0, 0.1) is 0 Å². The minimum Gasteiger partial charge on any atom is -0.365 e. The van der Waals surface area contributed by atoms with E-state index in [1.54, 1.807) is 5.57 Å². The molecule has 0 aliphatic carbocycles. The van der Waals surface area contributed by atoms with E-state index in [0.29, 0.717) is 6.61 Å². The fraction of sp³-hybridized carbons (Fsp3) is 0.417. The van der Waals surface area contributed by atoms with Crippen LogP contribution in [0.4, 0.5) is 0 Å². The molecule has 0 saturated carbocycles. The Morgan fingerprint density at radius 1 is 0.923 bits per heavy atom. The van der Waals surface area contributed by atoms with Gasteiger partial charge in [0.25, 0.3) is 0 Å². The first-order valence-electron chi connectivity index (χ1n) is 10.00. The molecule has 26 heavy (non-hydrogen) atoms. The number of benzene rings is 2. The molecule has 136 valence electrons. The molecule has 2 atom stereocenters. The van der Waals surface area contributed by atoms with Gasteiger partial charge in [0.2, 0.25) is 0 Å². The lowest BCUT2D eigenvalue weighted by atomic mass is 9.96. The van der Waals surface area contributed by atoms with Gasteiger partial charge in [-0.1, -0.05) is 79.2 Å². The number of piperidine rings is 1. The maximum absolute atomic E-state index is 6.37. The Bertz CT molecular complexity index is 669. The zero-order valence-electron chi connectivity index (χ0n) is 15.7. The maximum atomic E-state index is 6.37. The Kier molecular flexibility index (Phi) is 5.52. The van der Waals surface area contributed by atoms with Gasteiger partial charge in [-0.15, -0.1) is 0 Å². The van der Waals surface area contributed by atoms with Crippen LogP contribution in [0.3, 0.4) is 0 Å². The lowest BCUT2D eigenvalue weighted by Gasteiger charge is -2.35. The van der Waals surface area contributed by atoms with Gasteiger partial charge in [0.1, 0.15) is 6.10 Å². The van der Waals surface area contributed by atoms with Crippen LogP contribution in [0.2, 0.25) is 0 Å². The molecular formula is C24H29NO. The van der Waals surface area contributed by atoms with Crippen LogP contribution in [-0.2, 0) is 4.74 Å². The Labute approximate surface area is 157 Å². The van der Waals surface area contributed by atoms with E-state index in [-0.39, 0.29) is 6.10 Å². The predicted octanol–water partition coefficient (Wildman–Crippen LogP) is 5.37. The standard InChI is InChI=1S/C24H29NO/c1-2-25-22-13-14-23(25)18-19(17-22)15-16-26-24(20-9-5-3-6-10-20)21-11-7-4-8-12-21/h3-12,15,22-24H,2,13-14,16-18H2,1H3/t22-,23+. The second-order valence-corrected chi connectivity index (χ2v) is 7.52. The first-order valence-corrected chi connectivity index (χ1v) is 10.00. The minimum absolute atomic E-state index is 0.00158. The van der Waals surface area contributed by atoms with Crippen molar-refractivity contribution in [3.63, 3.8) is 0 Å². The van der Waals surface area contributed by atoms with Crippen LogP contribution < -0.4 is 0 Å². The average Bonchev–Trinajstić information content (AvgIpc) is 2.95. The van der Waals surface area contributed by atoms with Crippen LogP contribution in [-0.4, -0.2) is 30.1 Å². The van der Waals surface area contributed by atoms with E-state index in [1.807, 2.05) is 0 Å². The van der Waals surface area contributed by atoms with Crippen molar-refractivity contribution in [3.8, 4) is 0 Å². The van der Waals surface area contributed by atoms with Gasteiger partial charge < -0.3 is 4.74 Å². The highest BCUT2D eigenvalue weighted by Gasteiger charge is 2.37. The van der Waals surface area contributed by atoms with E-state index < -0.39 is 0 Å². The monoisotopic (exact) mass is 347 g/mol. The summed E-state index contributed by atoms with van der Waals surface area (Å²) in [6, 6.07) is 22.6. The minimum atomic E-state index is 0.00158. The third-order valence-electron chi connectivity index (χ3n) is 5.97. The van der Waals surface area contributed by atoms with Crippen molar-refractivity contribution in [2.45, 2.75) is 50.8 Å². The Morgan fingerprint density at radius 3 is 1.96 bits per heavy atom. The number of nitrogens with zero attached hydrogens (tertiary/aromatic N) is 1. The number of ether oxygens (including phenoxy) is 1. The number of rotatable bonds is 6. The molecule has 2 bridgehead atoms. The summed E-state index contributed by atoms with van der Waals surface area (Å²) in [5.74, 6) is 0. The SMILES string of the molecule is CCN1[C@@H]2CC[C@H]1CC(=CCOC(c1ccccc1)c1ccccc1)C2. The van der Waals surface area contributed by atoms with Crippen LogP contribution >= 0.6 is 0 Å². The molecule has 2 aliphatic heterocycles. The molecule has 2 aromatic rings. The van der Waals surface area contributed by atoms with Crippen LogP contribution in [0.5, 0.6) is 0 Å². The quantitative estimate of drug-likeness (QED) is 0.652.